The number of allylic oxidation sites excluding steroid dienone is 1. The molecule has 0 N–H and O–H groups in total. The second kappa shape index (κ2) is 10.7. The van der Waals surface area contributed by atoms with E-state index < -0.39 is 40.8 Å². The summed E-state index contributed by atoms with van der Waals surface area (Å²) in [5.74, 6) is -5.14. The van der Waals surface area contributed by atoms with Crippen molar-refractivity contribution in [2.24, 2.45) is 5.92 Å². The smallest absolute Gasteiger partial charge is 0.167 e. The third-order valence-corrected chi connectivity index (χ3v) is 6.56. The van der Waals surface area contributed by atoms with Crippen molar-refractivity contribution in [3.63, 3.8) is 0 Å². The minimum Gasteiger partial charge on any atom is -0.373 e. The van der Waals surface area contributed by atoms with Crippen LogP contribution >= 0.6 is 0 Å². The third kappa shape index (κ3) is 5.03. The summed E-state index contributed by atoms with van der Waals surface area (Å²) in [6, 6.07) is 9.08. The molecule has 2 atom stereocenters. The summed E-state index contributed by atoms with van der Waals surface area (Å²) in [7, 11) is 0. The number of ether oxygens (including phenoxy) is 1. The first-order chi connectivity index (χ1) is 16.8. The Bertz CT molecular complexity index is 1240. The first kappa shape index (κ1) is 25.1. The monoisotopic (exact) mass is 486 g/mol. The third-order valence-electron chi connectivity index (χ3n) is 6.56. The fourth-order valence-corrected chi connectivity index (χ4v) is 4.70. The Kier molecular flexibility index (Phi) is 7.70. The van der Waals surface area contributed by atoms with Gasteiger partial charge in [-0.25, -0.2) is 22.0 Å². The molecule has 3 aromatic rings. The Morgan fingerprint density at radius 3 is 2.11 bits per heavy atom. The molecule has 4 rings (SSSR count). The van der Waals surface area contributed by atoms with Crippen LogP contribution in [0, 0.1) is 35.0 Å². The summed E-state index contributed by atoms with van der Waals surface area (Å²) in [6.07, 6.45) is 6.14. The molecule has 2 unspecified atom stereocenters. The lowest BCUT2D eigenvalue weighted by atomic mass is 9.90. The topological polar surface area (TPSA) is 9.23 Å². The Morgan fingerprint density at radius 2 is 1.49 bits per heavy atom. The number of benzene rings is 3. The van der Waals surface area contributed by atoms with Crippen molar-refractivity contribution in [2.75, 3.05) is 6.61 Å². The van der Waals surface area contributed by atoms with Gasteiger partial charge in [0.2, 0.25) is 0 Å². The molecule has 6 heteroatoms. The largest absolute Gasteiger partial charge is 0.373 e. The van der Waals surface area contributed by atoms with Crippen LogP contribution < -0.4 is 0 Å². The molecule has 0 spiro atoms. The number of halogens is 5. The average Bonchev–Trinajstić information content (AvgIpc) is 2.85. The molecule has 1 nitrogen and oxygen atoms in total. The maximum absolute atomic E-state index is 15.0. The molecule has 0 saturated carbocycles. The predicted molar refractivity (Wildman–Crippen MR) is 128 cm³/mol. The average molecular weight is 487 g/mol. The molecule has 1 aliphatic rings. The van der Waals surface area contributed by atoms with Crippen LogP contribution in [0.2, 0.25) is 0 Å². The molecule has 1 saturated heterocycles. The van der Waals surface area contributed by atoms with Crippen LogP contribution in [0.4, 0.5) is 22.0 Å². The fraction of sp³-hybridized carbons (Fsp3) is 0.310. The molecule has 35 heavy (non-hydrogen) atoms. The maximum Gasteiger partial charge on any atom is 0.167 e. The van der Waals surface area contributed by atoms with E-state index in [2.05, 4.69) is 6.92 Å². The number of hydrogen-bond acceptors (Lipinski definition) is 1. The van der Waals surface area contributed by atoms with Crippen molar-refractivity contribution < 1.29 is 26.7 Å². The van der Waals surface area contributed by atoms with Crippen LogP contribution in [0.1, 0.15) is 56.8 Å². The van der Waals surface area contributed by atoms with E-state index in [1.807, 2.05) is 0 Å². The molecule has 0 amide bonds. The maximum atomic E-state index is 15.0. The van der Waals surface area contributed by atoms with Crippen LogP contribution in [0.15, 0.2) is 48.5 Å². The minimum absolute atomic E-state index is 0.0791. The van der Waals surface area contributed by atoms with Crippen molar-refractivity contribution >= 4 is 6.08 Å². The van der Waals surface area contributed by atoms with Gasteiger partial charge >= 0.3 is 0 Å². The van der Waals surface area contributed by atoms with Gasteiger partial charge < -0.3 is 4.74 Å². The molecule has 0 aliphatic carbocycles. The Hall–Kier alpha value is -2.99. The summed E-state index contributed by atoms with van der Waals surface area (Å²) in [5, 5.41) is 0. The molecule has 1 heterocycles. The van der Waals surface area contributed by atoms with Crippen LogP contribution in [0.25, 0.3) is 28.3 Å². The van der Waals surface area contributed by atoms with Crippen LogP contribution in [0.5, 0.6) is 0 Å². The SMILES string of the molecule is CC=Cc1ccc(-c2ccc(-c3ccc(C4CCC(CCC)CO4)c(F)c3F)c(F)c2F)cc1F. The van der Waals surface area contributed by atoms with E-state index in [-0.39, 0.29) is 22.3 Å². The van der Waals surface area contributed by atoms with Crippen molar-refractivity contribution in [1.29, 1.82) is 0 Å². The molecule has 184 valence electrons. The number of hydrogen-bond donors (Lipinski definition) is 0. The standard InChI is InChI=1S/C29H27F5O/c1-3-5-17-7-14-25(35-16-17)23-13-12-22(28(33)29(23)34)21-11-10-20(26(31)27(21)32)19-9-8-18(6-4-2)24(30)15-19/h4,6,8-13,15,17,25H,3,5,7,14,16H2,1-2H3. The molecule has 0 radical (unpaired) electrons. The van der Waals surface area contributed by atoms with Gasteiger partial charge in [0, 0.05) is 27.8 Å². The Morgan fingerprint density at radius 1 is 0.829 bits per heavy atom. The highest BCUT2D eigenvalue weighted by Crippen LogP contribution is 2.38. The minimum atomic E-state index is -1.33. The first-order valence-corrected chi connectivity index (χ1v) is 11.9. The quantitative estimate of drug-likeness (QED) is 0.316. The van der Waals surface area contributed by atoms with Gasteiger partial charge in [-0.1, -0.05) is 61.9 Å². The zero-order chi connectivity index (χ0) is 25.1. The van der Waals surface area contributed by atoms with Gasteiger partial charge in [0.15, 0.2) is 23.3 Å². The summed E-state index contributed by atoms with van der Waals surface area (Å²) in [4.78, 5) is 0. The van der Waals surface area contributed by atoms with Crippen LogP contribution in [-0.2, 0) is 4.74 Å². The predicted octanol–water partition coefficient (Wildman–Crippen LogP) is 9.02. The molecule has 3 aromatic carbocycles. The van der Waals surface area contributed by atoms with Crippen molar-refractivity contribution in [1.82, 2.24) is 0 Å². The lowest BCUT2D eigenvalue weighted by Gasteiger charge is -2.29. The highest BCUT2D eigenvalue weighted by atomic mass is 19.2. The molecule has 0 aromatic heterocycles. The molecule has 0 bridgehead atoms. The van der Waals surface area contributed by atoms with Crippen molar-refractivity contribution in [3.05, 3.63) is 88.8 Å². The number of rotatable bonds is 6. The van der Waals surface area contributed by atoms with Crippen LogP contribution in [-0.4, -0.2) is 6.61 Å². The highest BCUT2D eigenvalue weighted by Gasteiger charge is 2.28. The van der Waals surface area contributed by atoms with E-state index >= 15 is 8.78 Å². The molecular weight excluding hydrogens is 459 g/mol. The zero-order valence-electron chi connectivity index (χ0n) is 19.7. The van der Waals surface area contributed by atoms with E-state index in [9.17, 15) is 13.2 Å². The summed E-state index contributed by atoms with van der Waals surface area (Å²) < 4.78 is 80.1. The molecular formula is C29H27F5O. The summed E-state index contributed by atoms with van der Waals surface area (Å²) in [5.41, 5.74) is -0.440. The highest BCUT2D eigenvalue weighted by molar-refractivity contribution is 5.73. The Labute approximate surface area is 202 Å². The lowest BCUT2D eigenvalue weighted by Crippen LogP contribution is -2.21. The van der Waals surface area contributed by atoms with E-state index in [0.717, 1.165) is 25.3 Å². The lowest BCUT2D eigenvalue weighted by molar-refractivity contribution is -0.0214. The van der Waals surface area contributed by atoms with Gasteiger partial charge in [-0.15, -0.1) is 0 Å². The van der Waals surface area contributed by atoms with E-state index in [1.165, 1.54) is 36.4 Å². The second-order valence-electron chi connectivity index (χ2n) is 8.91. The zero-order valence-corrected chi connectivity index (χ0v) is 19.7. The van der Waals surface area contributed by atoms with Crippen LogP contribution in [0.3, 0.4) is 0 Å². The van der Waals surface area contributed by atoms with E-state index in [4.69, 9.17) is 4.74 Å². The molecule has 1 aliphatic heterocycles. The van der Waals surface area contributed by atoms with Crippen molar-refractivity contribution in [3.8, 4) is 22.3 Å². The summed E-state index contributed by atoms with van der Waals surface area (Å²) >= 11 is 0. The van der Waals surface area contributed by atoms with Crippen molar-refractivity contribution in [2.45, 2.75) is 45.6 Å². The fourth-order valence-electron chi connectivity index (χ4n) is 4.70. The molecule has 1 fully saturated rings. The van der Waals surface area contributed by atoms with Gasteiger partial charge in [-0.3, -0.25) is 0 Å². The van der Waals surface area contributed by atoms with Gasteiger partial charge in [-0.05, 0) is 43.7 Å². The van der Waals surface area contributed by atoms with Gasteiger partial charge in [0.1, 0.15) is 5.82 Å². The first-order valence-electron chi connectivity index (χ1n) is 11.9. The summed E-state index contributed by atoms with van der Waals surface area (Å²) in [6.45, 7) is 4.31. The van der Waals surface area contributed by atoms with Gasteiger partial charge in [0.05, 0.1) is 12.7 Å². The Balaban J connectivity index is 1.64. The van der Waals surface area contributed by atoms with E-state index in [1.54, 1.807) is 19.1 Å². The normalized spacial score (nSPS) is 18.4. The van der Waals surface area contributed by atoms with Gasteiger partial charge in [0.25, 0.3) is 0 Å². The van der Waals surface area contributed by atoms with Gasteiger partial charge in [-0.2, -0.15) is 0 Å². The van der Waals surface area contributed by atoms with E-state index in [0.29, 0.717) is 24.5 Å². The second-order valence-corrected chi connectivity index (χ2v) is 8.91.